The Bertz CT molecular complexity index is 1280. The third-order valence-corrected chi connectivity index (χ3v) is 5.27. The smallest absolute Gasteiger partial charge is 0.339 e. The van der Waals surface area contributed by atoms with Crippen molar-refractivity contribution in [1.82, 2.24) is 4.98 Å². The summed E-state index contributed by atoms with van der Waals surface area (Å²) in [7, 11) is 0. The van der Waals surface area contributed by atoms with Crippen LogP contribution in [0.3, 0.4) is 0 Å². The van der Waals surface area contributed by atoms with Crippen molar-refractivity contribution in [3.63, 3.8) is 0 Å². The van der Waals surface area contributed by atoms with Crippen LogP contribution in [0.15, 0.2) is 79.0 Å². The summed E-state index contributed by atoms with van der Waals surface area (Å²) in [6.07, 6.45) is 2.34. The van der Waals surface area contributed by atoms with Crippen LogP contribution < -0.4 is 5.32 Å². The first-order chi connectivity index (χ1) is 15.6. The SMILES string of the molecule is CCOC(=O)c1cnc2cc(NC(=O)c3cc(CC)ccc3-c3ccccc3)ccc2c1. The second-order valence-corrected chi connectivity index (χ2v) is 7.41. The summed E-state index contributed by atoms with van der Waals surface area (Å²) in [5.41, 5.74) is 5.33. The van der Waals surface area contributed by atoms with Crippen molar-refractivity contribution in [2.75, 3.05) is 11.9 Å². The maximum atomic E-state index is 13.2. The molecule has 4 aromatic rings. The predicted molar refractivity (Wildman–Crippen MR) is 127 cm³/mol. The first-order valence-electron chi connectivity index (χ1n) is 10.7. The molecule has 0 saturated carbocycles. The monoisotopic (exact) mass is 424 g/mol. The summed E-state index contributed by atoms with van der Waals surface area (Å²) in [5.74, 6) is -0.579. The maximum absolute atomic E-state index is 13.2. The van der Waals surface area contributed by atoms with Crippen molar-refractivity contribution in [3.8, 4) is 11.1 Å². The number of anilines is 1. The molecule has 160 valence electrons. The lowest BCUT2D eigenvalue weighted by Gasteiger charge is -2.13. The first-order valence-corrected chi connectivity index (χ1v) is 10.7. The van der Waals surface area contributed by atoms with Crippen LogP contribution in [0, 0.1) is 0 Å². The summed E-state index contributed by atoms with van der Waals surface area (Å²) in [6.45, 7) is 4.14. The number of benzene rings is 3. The summed E-state index contributed by atoms with van der Waals surface area (Å²) < 4.78 is 5.03. The zero-order valence-corrected chi connectivity index (χ0v) is 18.1. The minimum atomic E-state index is -0.400. The molecule has 0 bridgehead atoms. The number of rotatable bonds is 6. The second kappa shape index (κ2) is 9.43. The normalized spacial score (nSPS) is 10.7. The van der Waals surface area contributed by atoms with Gasteiger partial charge in [0.2, 0.25) is 0 Å². The molecule has 0 aliphatic rings. The summed E-state index contributed by atoms with van der Waals surface area (Å²) >= 11 is 0. The molecule has 0 radical (unpaired) electrons. The van der Waals surface area contributed by atoms with Crippen LogP contribution in [0.4, 0.5) is 5.69 Å². The van der Waals surface area contributed by atoms with Gasteiger partial charge in [-0.1, -0.05) is 55.5 Å². The lowest BCUT2D eigenvalue weighted by molar-refractivity contribution is 0.0526. The number of amides is 1. The summed E-state index contributed by atoms with van der Waals surface area (Å²) in [5, 5.41) is 3.80. The van der Waals surface area contributed by atoms with E-state index >= 15 is 0 Å². The average Bonchev–Trinajstić information content (AvgIpc) is 2.84. The van der Waals surface area contributed by atoms with Gasteiger partial charge in [-0.25, -0.2) is 4.79 Å². The number of aryl methyl sites for hydroxylation is 1. The predicted octanol–water partition coefficient (Wildman–Crippen LogP) is 5.89. The van der Waals surface area contributed by atoms with Gasteiger partial charge < -0.3 is 10.1 Å². The lowest BCUT2D eigenvalue weighted by Crippen LogP contribution is -2.13. The minimum Gasteiger partial charge on any atom is -0.462 e. The number of nitrogens with one attached hydrogen (secondary N) is 1. The van der Waals surface area contributed by atoms with E-state index in [0.29, 0.717) is 28.9 Å². The topological polar surface area (TPSA) is 68.3 Å². The standard InChI is InChI=1S/C27H24N2O3/c1-3-18-10-13-23(19-8-6-5-7-9-19)24(14-18)26(30)29-22-12-11-20-15-21(27(31)32-4-2)17-28-25(20)16-22/h5-17H,3-4H2,1-2H3,(H,29,30). The highest BCUT2D eigenvalue weighted by atomic mass is 16.5. The third kappa shape index (κ3) is 4.52. The van der Waals surface area contributed by atoms with Gasteiger partial charge in [0.15, 0.2) is 0 Å². The number of hydrogen-bond donors (Lipinski definition) is 1. The van der Waals surface area contributed by atoms with Gasteiger partial charge in [0.1, 0.15) is 0 Å². The highest BCUT2D eigenvalue weighted by Gasteiger charge is 2.15. The van der Waals surface area contributed by atoms with Crippen molar-refractivity contribution in [3.05, 3.63) is 95.7 Å². The van der Waals surface area contributed by atoms with Gasteiger partial charge in [0, 0.05) is 22.8 Å². The van der Waals surface area contributed by atoms with E-state index in [9.17, 15) is 9.59 Å². The molecule has 0 aliphatic carbocycles. The number of carbonyl (C=O) groups is 2. The number of esters is 1. The van der Waals surface area contributed by atoms with Crippen LogP contribution in [-0.4, -0.2) is 23.5 Å². The van der Waals surface area contributed by atoms with Gasteiger partial charge in [-0.2, -0.15) is 0 Å². The Hall–Kier alpha value is -3.99. The minimum absolute atomic E-state index is 0.179. The molecule has 0 atom stereocenters. The molecule has 1 heterocycles. The van der Waals surface area contributed by atoms with E-state index in [4.69, 9.17) is 4.74 Å². The summed E-state index contributed by atoms with van der Waals surface area (Å²) in [4.78, 5) is 29.5. The van der Waals surface area contributed by atoms with Crippen LogP contribution >= 0.6 is 0 Å². The van der Waals surface area contributed by atoms with E-state index < -0.39 is 5.97 Å². The van der Waals surface area contributed by atoms with E-state index in [1.807, 2.05) is 54.6 Å². The number of pyridine rings is 1. The van der Waals surface area contributed by atoms with Gasteiger partial charge in [0.05, 0.1) is 17.7 Å². The van der Waals surface area contributed by atoms with E-state index in [1.54, 1.807) is 19.1 Å². The quantitative estimate of drug-likeness (QED) is 0.392. The van der Waals surface area contributed by atoms with E-state index in [2.05, 4.69) is 23.3 Å². The molecule has 0 spiro atoms. The Morgan fingerprint density at radius 1 is 0.938 bits per heavy atom. The molecule has 0 unspecified atom stereocenters. The van der Waals surface area contributed by atoms with Crippen LogP contribution in [-0.2, 0) is 11.2 Å². The third-order valence-electron chi connectivity index (χ3n) is 5.27. The fraction of sp³-hybridized carbons (Fsp3) is 0.148. The van der Waals surface area contributed by atoms with Gasteiger partial charge in [-0.3, -0.25) is 9.78 Å². The highest BCUT2D eigenvalue weighted by Crippen LogP contribution is 2.27. The molecule has 0 fully saturated rings. The zero-order chi connectivity index (χ0) is 22.5. The fourth-order valence-corrected chi connectivity index (χ4v) is 3.59. The summed E-state index contributed by atoms with van der Waals surface area (Å²) in [6, 6.07) is 23.1. The molecule has 0 saturated heterocycles. The zero-order valence-electron chi connectivity index (χ0n) is 18.1. The molecule has 1 N–H and O–H groups in total. The van der Waals surface area contributed by atoms with Crippen molar-refractivity contribution < 1.29 is 14.3 Å². The Balaban J connectivity index is 1.64. The Kier molecular flexibility index (Phi) is 6.26. The van der Waals surface area contributed by atoms with Crippen molar-refractivity contribution in [2.45, 2.75) is 20.3 Å². The van der Waals surface area contributed by atoms with Crippen LogP contribution in [0.2, 0.25) is 0 Å². The number of hydrogen-bond acceptors (Lipinski definition) is 4. The molecule has 3 aromatic carbocycles. The highest BCUT2D eigenvalue weighted by molar-refractivity contribution is 6.09. The molecule has 5 heteroatoms. The lowest BCUT2D eigenvalue weighted by atomic mass is 9.96. The largest absolute Gasteiger partial charge is 0.462 e. The maximum Gasteiger partial charge on any atom is 0.339 e. The van der Waals surface area contributed by atoms with Crippen LogP contribution in [0.1, 0.15) is 40.1 Å². The first kappa shape index (κ1) is 21.2. The molecule has 5 nitrogen and oxygen atoms in total. The van der Waals surface area contributed by atoms with Gasteiger partial charge in [-0.05, 0) is 54.3 Å². The van der Waals surface area contributed by atoms with E-state index in [-0.39, 0.29) is 5.91 Å². The van der Waals surface area contributed by atoms with Crippen LogP contribution in [0.25, 0.3) is 22.0 Å². The van der Waals surface area contributed by atoms with Gasteiger partial charge in [-0.15, -0.1) is 0 Å². The molecule has 1 amide bonds. The molecule has 4 rings (SSSR count). The molecular weight excluding hydrogens is 400 g/mol. The average molecular weight is 425 g/mol. The van der Waals surface area contributed by atoms with Crippen LogP contribution in [0.5, 0.6) is 0 Å². The van der Waals surface area contributed by atoms with Crippen molar-refractivity contribution >= 4 is 28.5 Å². The van der Waals surface area contributed by atoms with Crippen molar-refractivity contribution in [1.29, 1.82) is 0 Å². The second-order valence-electron chi connectivity index (χ2n) is 7.41. The Morgan fingerprint density at radius 2 is 1.75 bits per heavy atom. The number of fused-ring (bicyclic) bond motifs is 1. The number of nitrogens with zero attached hydrogens (tertiary/aromatic N) is 1. The fourth-order valence-electron chi connectivity index (χ4n) is 3.59. The molecule has 32 heavy (non-hydrogen) atoms. The molecule has 0 aliphatic heterocycles. The van der Waals surface area contributed by atoms with E-state index in [0.717, 1.165) is 28.5 Å². The van der Waals surface area contributed by atoms with Crippen molar-refractivity contribution in [2.24, 2.45) is 0 Å². The van der Waals surface area contributed by atoms with E-state index in [1.165, 1.54) is 6.20 Å². The van der Waals surface area contributed by atoms with Gasteiger partial charge in [0.25, 0.3) is 5.91 Å². The number of aromatic nitrogens is 1. The Labute approximate surface area is 187 Å². The Morgan fingerprint density at radius 3 is 2.50 bits per heavy atom. The number of ether oxygens (including phenoxy) is 1. The molecule has 1 aromatic heterocycles. The number of carbonyl (C=O) groups excluding carboxylic acids is 2. The molecular formula is C27H24N2O3. The van der Waals surface area contributed by atoms with Gasteiger partial charge >= 0.3 is 5.97 Å².